The van der Waals surface area contributed by atoms with Crippen LogP contribution in [0.15, 0.2) is 51.0 Å². The molecule has 31 heavy (non-hydrogen) atoms. The number of nitrogens with zero attached hydrogens (tertiary/aromatic N) is 3. The predicted octanol–water partition coefficient (Wildman–Crippen LogP) is 3.24. The molecule has 3 aromatic heterocycles. The van der Waals surface area contributed by atoms with E-state index >= 15 is 0 Å². The molecule has 158 valence electrons. The van der Waals surface area contributed by atoms with Crippen molar-refractivity contribution < 1.29 is 18.7 Å². The number of aromatic nitrogens is 3. The van der Waals surface area contributed by atoms with Crippen LogP contribution in [0.4, 0.5) is 5.00 Å². The average Bonchev–Trinajstić information content (AvgIpc) is 3.36. The molecule has 1 aromatic carbocycles. The standard InChI is InChI=1S/C21H18N4O5S/c1-3-29-21(28)18-14(16-9-8-12(2)30-16)11-31-19(18)22-17(26)10-25-20(27)13-6-4-5-7-15(13)23-24-25/h4-9,11H,3,10H2,1-2H3,(H,22,26). The highest BCUT2D eigenvalue weighted by atomic mass is 32.1. The van der Waals surface area contributed by atoms with Crippen molar-refractivity contribution >= 4 is 39.1 Å². The molecule has 3 heterocycles. The summed E-state index contributed by atoms with van der Waals surface area (Å²) in [6.45, 7) is 3.32. The highest BCUT2D eigenvalue weighted by molar-refractivity contribution is 7.15. The number of rotatable bonds is 6. The van der Waals surface area contributed by atoms with E-state index in [2.05, 4.69) is 15.6 Å². The number of nitrogens with one attached hydrogen (secondary N) is 1. The van der Waals surface area contributed by atoms with Crippen LogP contribution in [0, 0.1) is 6.92 Å². The number of furan rings is 1. The lowest BCUT2D eigenvalue weighted by Gasteiger charge is -2.08. The molecule has 4 aromatic rings. The van der Waals surface area contributed by atoms with E-state index in [-0.39, 0.29) is 18.7 Å². The van der Waals surface area contributed by atoms with Gasteiger partial charge < -0.3 is 14.5 Å². The van der Waals surface area contributed by atoms with Gasteiger partial charge in [-0.25, -0.2) is 9.48 Å². The van der Waals surface area contributed by atoms with Gasteiger partial charge in [0.05, 0.1) is 12.0 Å². The molecule has 1 amide bonds. The van der Waals surface area contributed by atoms with E-state index in [1.165, 1.54) is 0 Å². The summed E-state index contributed by atoms with van der Waals surface area (Å²) in [4.78, 5) is 37.8. The van der Waals surface area contributed by atoms with Crippen LogP contribution in [0.5, 0.6) is 0 Å². The summed E-state index contributed by atoms with van der Waals surface area (Å²) in [5.74, 6) is 0.0804. The van der Waals surface area contributed by atoms with Crippen molar-refractivity contribution in [2.24, 2.45) is 0 Å². The van der Waals surface area contributed by atoms with Crippen molar-refractivity contribution in [3.05, 3.63) is 63.5 Å². The number of benzene rings is 1. The molecule has 0 spiro atoms. The topological polar surface area (TPSA) is 116 Å². The number of aryl methyl sites for hydroxylation is 1. The first-order chi connectivity index (χ1) is 15.0. The van der Waals surface area contributed by atoms with Crippen molar-refractivity contribution in [3.8, 4) is 11.3 Å². The first-order valence-corrected chi connectivity index (χ1v) is 10.3. The van der Waals surface area contributed by atoms with Gasteiger partial charge in [-0.1, -0.05) is 17.3 Å². The van der Waals surface area contributed by atoms with Gasteiger partial charge in [0.2, 0.25) is 5.91 Å². The van der Waals surface area contributed by atoms with E-state index in [1.807, 2.05) is 0 Å². The van der Waals surface area contributed by atoms with Gasteiger partial charge in [0.25, 0.3) is 5.56 Å². The van der Waals surface area contributed by atoms with Gasteiger partial charge in [0, 0.05) is 10.9 Å². The van der Waals surface area contributed by atoms with Crippen LogP contribution in [0.25, 0.3) is 22.2 Å². The Balaban J connectivity index is 1.62. The fourth-order valence-corrected chi connectivity index (χ4v) is 4.00. The maximum atomic E-state index is 12.6. The number of amides is 1. The summed E-state index contributed by atoms with van der Waals surface area (Å²) >= 11 is 1.16. The third-order valence-electron chi connectivity index (χ3n) is 4.45. The largest absolute Gasteiger partial charge is 0.462 e. The molecule has 0 atom stereocenters. The Morgan fingerprint density at radius 2 is 2.03 bits per heavy atom. The van der Waals surface area contributed by atoms with E-state index in [9.17, 15) is 14.4 Å². The molecule has 0 aliphatic heterocycles. The molecule has 0 radical (unpaired) electrons. The summed E-state index contributed by atoms with van der Waals surface area (Å²) in [6, 6.07) is 10.3. The van der Waals surface area contributed by atoms with Crippen molar-refractivity contribution in [2.75, 3.05) is 11.9 Å². The minimum absolute atomic E-state index is 0.181. The number of carbonyl (C=O) groups excluding carboxylic acids is 2. The number of carbonyl (C=O) groups is 2. The smallest absolute Gasteiger partial charge is 0.341 e. The number of thiophene rings is 1. The number of anilines is 1. The van der Waals surface area contributed by atoms with Gasteiger partial charge in [-0.15, -0.1) is 16.4 Å². The van der Waals surface area contributed by atoms with Gasteiger partial charge in [0.15, 0.2) is 0 Å². The van der Waals surface area contributed by atoms with Crippen LogP contribution in [0.1, 0.15) is 23.0 Å². The Labute approximate surface area is 180 Å². The summed E-state index contributed by atoms with van der Waals surface area (Å²) in [5, 5.41) is 12.8. The van der Waals surface area contributed by atoms with Gasteiger partial charge in [0.1, 0.15) is 34.1 Å². The molecule has 0 aliphatic carbocycles. The van der Waals surface area contributed by atoms with E-state index in [1.54, 1.807) is 55.6 Å². The number of hydrogen-bond acceptors (Lipinski definition) is 8. The van der Waals surface area contributed by atoms with E-state index in [4.69, 9.17) is 9.15 Å². The highest BCUT2D eigenvalue weighted by Gasteiger charge is 2.24. The predicted molar refractivity (Wildman–Crippen MR) is 115 cm³/mol. The van der Waals surface area contributed by atoms with E-state index in [0.29, 0.717) is 33.0 Å². The number of fused-ring (bicyclic) bond motifs is 1. The second-order valence-electron chi connectivity index (χ2n) is 6.60. The van der Waals surface area contributed by atoms with Crippen LogP contribution < -0.4 is 10.9 Å². The van der Waals surface area contributed by atoms with E-state index in [0.717, 1.165) is 16.0 Å². The molecule has 10 heteroatoms. The maximum Gasteiger partial charge on any atom is 0.341 e. The third kappa shape index (κ3) is 4.10. The molecular formula is C21H18N4O5S. The van der Waals surface area contributed by atoms with Crippen LogP contribution in [0.3, 0.4) is 0 Å². The minimum atomic E-state index is -0.578. The number of esters is 1. The van der Waals surface area contributed by atoms with Crippen LogP contribution in [-0.2, 0) is 16.1 Å². The van der Waals surface area contributed by atoms with Gasteiger partial charge in [-0.05, 0) is 38.1 Å². The molecular weight excluding hydrogens is 420 g/mol. The molecule has 9 nitrogen and oxygen atoms in total. The second-order valence-corrected chi connectivity index (χ2v) is 7.48. The second kappa shape index (κ2) is 8.52. The molecule has 0 saturated heterocycles. The van der Waals surface area contributed by atoms with Crippen molar-refractivity contribution in [1.29, 1.82) is 0 Å². The third-order valence-corrected chi connectivity index (χ3v) is 5.35. The summed E-state index contributed by atoms with van der Waals surface area (Å²) in [5.41, 5.74) is 0.746. The van der Waals surface area contributed by atoms with Gasteiger partial charge in [-0.3, -0.25) is 9.59 Å². The Morgan fingerprint density at radius 1 is 1.23 bits per heavy atom. The Morgan fingerprint density at radius 3 is 2.77 bits per heavy atom. The lowest BCUT2D eigenvalue weighted by molar-refractivity contribution is -0.117. The molecule has 0 bridgehead atoms. The fraction of sp³-hybridized carbons (Fsp3) is 0.190. The normalized spacial score (nSPS) is 10.9. The van der Waals surface area contributed by atoms with Crippen molar-refractivity contribution in [1.82, 2.24) is 15.0 Å². The zero-order valence-electron chi connectivity index (χ0n) is 16.7. The van der Waals surface area contributed by atoms with Gasteiger partial charge in [-0.2, -0.15) is 0 Å². The summed E-state index contributed by atoms with van der Waals surface area (Å²) < 4.78 is 11.8. The van der Waals surface area contributed by atoms with Crippen molar-refractivity contribution in [2.45, 2.75) is 20.4 Å². The Kier molecular flexibility index (Phi) is 5.63. The molecule has 0 unspecified atom stereocenters. The van der Waals surface area contributed by atoms with E-state index < -0.39 is 17.4 Å². The lowest BCUT2D eigenvalue weighted by atomic mass is 10.1. The minimum Gasteiger partial charge on any atom is -0.462 e. The molecule has 0 saturated carbocycles. The van der Waals surface area contributed by atoms with Crippen LogP contribution in [-0.4, -0.2) is 33.5 Å². The molecule has 1 N–H and O–H groups in total. The van der Waals surface area contributed by atoms with Crippen LogP contribution in [0.2, 0.25) is 0 Å². The van der Waals surface area contributed by atoms with Crippen LogP contribution >= 0.6 is 11.3 Å². The Bertz CT molecular complexity index is 1340. The maximum absolute atomic E-state index is 12.6. The molecule has 0 fully saturated rings. The fourth-order valence-electron chi connectivity index (χ4n) is 3.05. The number of hydrogen-bond donors (Lipinski definition) is 1. The SMILES string of the molecule is CCOC(=O)c1c(-c2ccc(C)o2)csc1NC(=O)Cn1nnc2ccccc2c1=O. The quantitative estimate of drug-likeness (QED) is 0.459. The first-order valence-electron chi connectivity index (χ1n) is 9.45. The monoisotopic (exact) mass is 438 g/mol. The van der Waals surface area contributed by atoms with Crippen molar-refractivity contribution in [3.63, 3.8) is 0 Å². The molecule has 4 rings (SSSR count). The first kappa shape index (κ1) is 20.5. The summed E-state index contributed by atoms with van der Waals surface area (Å²) in [6.07, 6.45) is 0. The van der Waals surface area contributed by atoms with Gasteiger partial charge >= 0.3 is 5.97 Å². The zero-order valence-corrected chi connectivity index (χ0v) is 17.6. The Hall–Kier alpha value is -3.79. The number of ether oxygens (including phenoxy) is 1. The highest BCUT2D eigenvalue weighted by Crippen LogP contribution is 2.37. The average molecular weight is 438 g/mol. The summed E-state index contributed by atoms with van der Waals surface area (Å²) in [7, 11) is 0. The molecule has 0 aliphatic rings. The lowest BCUT2D eigenvalue weighted by Crippen LogP contribution is -2.30. The zero-order chi connectivity index (χ0) is 22.0.